The van der Waals surface area contributed by atoms with Crippen molar-refractivity contribution in [3.63, 3.8) is 0 Å². The van der Waals surface area contributed by atoms with Crippen LogP contribution in [0.25, 0.3) is 0 Å². The summed E-state index contributed by atoms with van der Waals surface area (Å²) in [5.41, 5.74) is 7.77. The van der Waals surface area contributed by atoms with Crippen LogP contribution in [0.5, 0.6) is 0 Å². The van der Waals surface area contributed by atoms with E-state index >= 15 is 0 Å². The topological polar surface area (TPSA) is 81.2 Å². The molecule has 0 aromatic carbocycles. The molecule has 1 aliphatic rings. The molecule has 1 heterocycles. The van der Waals surface area contributed by atoms with Crippen LogP contribution in [0.1, 0.15) is 55.5 Å². The summed E-state index contributed by atoms with van der Waals surface area (Å²) in [4.78, 5) is 12.0. The van der Waals surface area contributed by atoms with Crippen molar-refractivity contribution in [1.29, 1.82) is 0 Å². The van der Waals surface area contributed by atoms with Gasteiger partial charge in [0, 0.05) is 24.1 Å². The van der Waals surface area contributed by atoms with Crippen molar-refractivity contribution in [3.8, 4) is 0 Å². The number of nitrogens with zero attached hydrogens (tertiary/aromatic N) is 1. The van der Waals surface area contributed by atoms with Gasteiger partial charge in [-0.25, -0.2) is 0 Å². The number of rotatable bonds is 4. The van der Waals surface area contributed by atoms with Gasteiger partial charge >= 0.3 is 0 Å². The molecule has 19 heavy (non-hydrogen) atoms. The first kappa shape index (κ1) is 14.1. The van der Waals surface area contributed by atoms with Crippen molar-refractivity contribution >= 4 is 5.91 Å². The van der Waals surface area contributed by atoms with E-state index in [4.69, 9.17) is 10.3 Å². The van der Waals surface area contributed by atoms with Gasteiger partial charge in [-0.15, -0.1) is 0 Å². The molecule has 1 fully saturated rings. The van der Waals surface area contributed by atoms with Crippen LogP contribution in [0.15, 0.2) is 4.52 Å². The van der Waals surface area contributed by atoms with E-state index in [0.717, 1.165) is 42.7 Å². The maximum atomic E-state index is 12.0. The van der Waals surface area contributed by atoms with Crippen LogP contribution in [-0.2, 0) is 11.3 Å². The van der Waals surface area contributed by atoms with Crippen LogP contribution < -0.4 is 11.1 Å². The van der Waals surface area contributed by atoms with E-state index in [1.54, 1.807) is 0 Å². The first-order valence-corrected chi connectivity index (χ1v) is 6.97. The summed E-state index contributed by atoms with van der Waals surface area (Å²) in [5, 5.41) is 6.79. The summed E-state index contributed by atoms with van der Waals surface area (Å²) in [6.07, 6.45) is 5.81. The number of nitrogens with two attached hydrogens (primary N) is 1. The molecule has 0 atom stereocenters. The van der Waals surface area contributed by atoms with Gasteiger partial charge in [0.2, 0.25) is 5.91 Å². The lowest BCUT2D eigenvalue weighted by molar-refractivity contribution is -0.122. The quantitative estimate of drug-likeness (QED) is 0.872. The van der Waals surface area contributed by atoms with Crippen LogP contribution >= 0.6 is 0 Å². The van der Waals surface area contributed by atoms with Gasteiger partial charge in [-0.2, -0.15) is 0 Å². The van der Waals surface area contributed by atoms with Crippen LogP contribution in [0.2, 0.25) is 0 Å². The monoisotopic (exact) mass is 265 g/mol. The third-order valence-corrected chi connectivity index (χ3v) is 4.01. The molecule has 0 aliphatic heterocycles. The molecule has 106 valence electrons. The lowest BCUT2D eigenvalue weighted by atomic mass is 9.80. The zero-order valence-corrected chi connectivity index (χ0v) is 11.8. The molecular formula is C14H23N3O2. The summed E-state index contributed by atoms with van der Waals surface area (Å²) in [6, 6.07) is 0. The molecule has 1 aromatic heterocycles. The molecule has 0 spiro atoms. The molecule has 0 saturated heterocycles. The molecule has 1 aromatic rings. The van der Waals surface area contributed by atoms with Crippen molar-refractivity contribution in [2.75, 3.05) is 0 Å². The standard InChI is InChI=1S/C14H23N3O2/c1-10-12(11(2)19-17-10)9-16-13(18)8-14(15)6-4-3-5-7-14/h3-9,15H2,1-2H3,(H,16,18). The van der Waals surface area contributed by atoms with Crippen molar-refractivity contribution in [1.82, 2.24) is 10.5 Å². The van der Waals surface area contributed by atoms with Crippen molar-refractivity contribution in [3.05, 3.63) is 17.0 Å². The highest BCUT2D eigenvalue weighted by molar-refractivity contribution is 5.77. The average Bonchev–Trinajstić information content (AvgIpc) is 2.67. The SMILES string of the molecule is Cc1noc(C)c1CNC(=O)CC1(N)CCCCC1. The minimum absolute atomic E-state index is 0.0180. The Hall–Kier alpha value is -1.36. The Balaban J connectivity index is 1.85. The van der Waals surface area contributed by atoms with Crippen molar-refractivity contribution in [2.24, 2.45) is 5.73 Å². The molecule has 2 rings (SSSR count). The van der Waals surface area contributed by atoms with Gasteiger partial charge in [0.15, 0.2) is 0 Å². The van der Waals surface area contributed by atoms with Crippen LogP contribution in [0, 0.1) is 13.8 Å². The first-order valence-electron chi connectivity index (χ1n) is 6.97. The second-order valence-electron chi connectivity index (χ2n) is 5.68. The minimum Gasteiger partial charge on any atom is -0.361 e. The maximum absolute atomic E-state index is 12.0. The predicted molar refractivity (Wildman–Crippen MR) is 72.4 cm³/mol. The maximum Gasteiger partial charge on any atom is 0.222 e. The average molecular weight is 265 g/mol. The Morgan fingerprint density at radius 2 is 2.05 bits per heavy atom. The number of aryl methyl sites for hydroxylation is 2. The fourth-order valence-electron chi connectivity index (χ4n) is 2.76. The van der Waals surface area contributed by atoms with Crippen molar-refractivity contribution < 1.29 is 9.32 Å². The van der Waals surface area contributed by atoms with E-state index < -0.39 is 0 Å². The van der Waals surface area contributed by atoms with Crippen molar-refractivity contribution in [2.45, 2.75) is 64.5 Å². The van der Waals surface area contributed by atoms with Gasteiger partial charge < -0.3 is 15.6 Å². The third-order valence-electron chi connectivity index (χ3n) is 4.01. The van der Waals surface area contributed by atoms with Crippen LogP contribution in [0.4, 0.5) is 0 Å². The van der Waals surface area contributed by atoms with Crippen LogP contribution in [0.3, 0.4) is 0 Å². The second-order valence-corrected chi connectivity index (χ2v) is 5.68. The van der Waals surface area contributed by atoms with Gasteiger partial charge in [0.25, 0.3) is 0 Å². The van der Waals surface area contributed by atoms with E-state index in [9.17, 15) is 4.79 Å². The molecule has 1 saturated carbocycles. The number of nitrogens with one attached hydrogen (secondary N) is 1. The molecule has 0 radical (unpaired) electrons. The van der Waals surface area contributed by atoms with E-state index in [1.165, 1.54) is 6.42 Å². The molecule has 5 nitrogen and oxygen atoms in total. The van der Waals surface area contributed by atoms with Gasteiger partial charge in [0.05, 0.1) is 5.69 Å². The summed E-state index contributed by atoms with van der Waals surface area (Å²) >= 11 is 0. The Bertz CT molecular complexity index is 428. The number of hydrogen-bond donors (Lipinski definition) is 2. The van der Waals surface area contributed by atoms with Gasteiger partial charge in [-0.05, 0) is 26.7 Å². The summed E-state index contributed by atoms with van der Waals surface area (Å²) in [5.74, 6) is 0.780. The Kier molecular flexibility index (Phi) is 4.24. The number of carbonyl (C=O) groups excluding carboxylic acids is 1. The van der Waals surface area contributed by atoms with E-state index in [0.29, 0.717) is 13.0 Å². The van der Waals surface area contributed by atoms with Gasteiger partial charge in [-0.1, -0.05) is 24.4 Å². The largest absolute Gasteiger partial charge is 0.361 e. The highest BCUT2D eigenvalue weighted by atomic mass is 16.5. The zero-order valence-electron chi connectivity index (χ0n) is 11.8. The summed E-state index contributed by atoms with van der Waals surface area (Å²) < 4.78 is 5.07. The number of amides is 1. The number of carbonyl (C=O) groups is 1. The fraction of sp³-hybridized carbons (Fsp3) is 0.714. The number of hydrogen-bond acceptors (Lipinski definition) is 4. The second kappa shape index (κ2) is 5.74. The van der Waals surface area contributed by atoms with E-state index in [1.807, 2.05) is 13.8 Å². The zero-order chi connectivity index (χ0) is 13.9. The van der Waals surface area contributed by atoms with E-state index in [2.05, 4.69) is 10.5 Å². The third kappa shape index (κ3) is 3.56. The Morgan fingerprint density at radius 1 is 1.37 bits per heavy atom. The molecule has 1 aliphatic carbocycles. The molecule has 3 N–H and O–H groups in total. The fourth-order valence-corrected chi connectivity index (χ4v) is 2.76. The van der Waals surface area contributed by atoms with Gasteiger partial charge in [-0.3, -0.25) is 4.79 Å². The molecule has 0 bridgehead atoms. The minimum atomic E-state index is -0.304. The van der Waals surface area contributed by atoms with Gasteiger partial charge in [0.1, 0.15) is 5.76 Å². The number of aromatic nitrogens is 1. The first-order chi connectivity index (χ1) is 9.00. The highest BCUT2D eigenvalue weighted by Crippen LogP contribution is 2.28. The molecular weight excluding hydrogens is 242 g/mol. The summed E-state index contributed by atoms with van der Waals surface area (Å²) in [7, 11) is 0. The normalized spacial score (nSPS) is 18.3. The Labute approximate surface area is 113 Å². The molecule has 0 unspecified atom stereocenters. The molecule has 1 amide bonds. The summed E-state index contributed by atoms with van der Waals surface area (Å²) in [6.45, 7) is 4.20. The molecule has 5 heteroatoms. The highest BCUT2D eigenvalue weighted by Gasteiger charge is 2.29. The van der Waals surface area contributed by atoms with Crippen LogP contribution in [-0.4, -0.2) is 16.6 Å². The Morgan fingerprint density at radius 3 is 2.63 bits per heavy atom. The lowest BCUT2D eigenvalue weighted by Crippen LogP contribution is -2.45. The van der Waals surface area contributed by atoms with E-state index in [-0.39, 0.29) is 11.4 Å². The smallest absolute Gasteiger partial charge is 0.222 e. The predicted octanol–water partition coefficient (Wildman–Crippen LogP) is 1.96. The lowest BCUT2D eigenvalue weighted by Gasteiger charge is -2.32.